The van der Waals surface area contributed by atoms with Crippen LogP contribution in [0.4, 0.5) is 11.6 Å². The number of hydrogen-bond acceptors (Lipinski definition) is 13. The van der Waals surface area contributed by atoms with Crippen LogP contribution in [0.25, 0.3) is 71.5 Å². The molecule has 8 N–H and O–H groups in total. The monoisotopic (exact) mass is 1120 g/mol. The molecule has 0 aliphatic heterocycles. The highest BCUT2D eigenvalue weighted by Crippen LogP contribution is 2.38. The Kier molecular flexibility index (Phi) is 19.8. The third-order valence-electron chi connectivity index (χ3n) is 12.5. The minimum absolute atomic E-state index is 0. The maximum absolute atomic E-state index is 12.7. The van der Waals surface area contributed by atoms with Crippen LogP contribution in [-0.4, -0.2) is 88.2 Å². The smallest absolute Gasteiger partial charge is 0.300 e. The van der Waals surface area contributed by atoms with Gasteiger partial charge in [0.2, 0.25) is 0 Å². The Morgan fingerprint density at radius 3 is 1.45 bits per heavy atom. The first-order chi connectivity index (χ1) is 40.0. The summed E-state index contributed by atoms with van der Waals surface area (Å²) in [6.07, 6.45) is 9.11. The number of nitrogen functional groups attached to an aromatic ring is 2. The van der Waals surface area contributed by atoms with E-state index in [4.69, 9.17) is 39.2 Å². The molecule has 84 heavy (non-hydrogen) atoms. The molecule has 10 rings (SSSR count). The zero-order chi connectivity index (χ0) is 59.1. The van der Waals surface area contributed by atoms with E-state index in [0.717, 1.165) is 62.5 Å². The normalized spacial score (nSPS) is 11.1. The number of carbonyl (C=O) groups excluding carboxylic acids is 3. The largest absolute Gasteiger partial charge is 0.457 e. The van der Waals surface area contributed by atoms with Gasteiger partial charge in [-0.1, -0.05) is 92.4 Å². The molecule has 0 saturated carbocycles. The number of nitrogens with zero attached hydrogens (tertiary/aromatic N) is 8. The van der Waals surface area contributed by atoms with E-state index in [9.17, 15) is 19.5 Å². The minimum Gasteiger partial charge on any atom is -0.457 e. The van der Waals surface area contributed by atoms with Crippen molar-refractivity contribution in [3.63, 3.8) is 0 Å². The van der Waals surface area contributed by atoms with Gasteiger partial charge in [-0.15, -0.1) is 0 Å². The fourth-order valence-corrected chi connectivity index (χ4v) is 8.41. The van der Waals surface area contributed by atoms with E-state index < -0.39 is 17.0 Å². The zero-order valence-electron chi connectivity index (χ0n) is 45.8. The number of para-hydroxylation sites is 2. The SMILES string of the molecule is C.Nc1ncnc2c1c(-c1ccc(Oc3ccccc3)cc1)cn2-c1cccc(C=O)c1.[C-]#[N+]/C(=C\c1cccc(-n2cc(-c3ccc(Oc4ccccc4)cc3)c3c(N)ncnc32)c1)C(=O)NC(C)(C)CO.[C-]#[N+]CC(=O)NC(C)(C)CO. The second kappa shape index (κ2) is 27.5. The number of benzene rings is 6. The summed E-state index contributed by atoms with van der Waals surface area (Å²) in [7, 11) is 0. The maximum atomic E-state index is 12.7. The minimum atomic E-state index is -0.853. The molecule has 424 valence electrons. The van der Waals surface area contributed by atoms with Gasteiger partial charge >= 0.3 is 5.91 Å². The van der Waals surface area contributed by atoms with Crippen molar-refractivity contribution >= 4 is 57.9 Å². The number of aliphatic hydroxyl groups is 2. The molecule has 2 amide bonds. The van der Waals surface area contributed by atoms with Crippen molar-refractivity contribution in [2.24, 2.45) is 0 Å². The first-order valence-corrected chi connectivity index (χ1v) is 25.9. The molecule has 19 nitrogen and oxygen atoms in total. The highest BCUT2D eigenvalue weighted by molar-refractivity contribution is 6.03. The standard InChI is InChI=1S/C32H28N6O3.C25H18N4O2.C7H12N2O2.CH4/c1-32(2,19-39)37-31(40)27(34-3)17-21-8-7-9-23(16-21)38-18-26(28-29(33)35-20-36-30(28)38)22-12-14-25(15-13-22)41-24-10-5-4-6-11-24;26-24-23-22(18-9-11-21(12-10-18)31-20-7-2-1-3-8-20)14-29(25(23)28-16-27-24)19-6-4-5-17(13-19)15-30;1-7(2,5-10)9-6(11)4-8-3;/h4-18,20,39H,19H2,1-2H3,(H,37,40)(H2,33,35,36);1-16H,(H2,26,27,28);10H,4-5H2,1-2H3,(H,9,11);1H4/b27-17-;;;. The van der Waals surface area contributed by atoms with Crippen molar-refractivity contribution < 1.29 is 34.1 Å². The highest BCUT2D eigenvalue weighted by atomic mass is 16.5. The average molecular weight is 1120 g/mol. The van der Waals surface area contributed by atoms with Gasteiger partial charge in [-0.3, -0.25) is 14.4 Å². The van der Waals surface area contributed by atoms with Crippen molar-refractivity contribution in [2.75, 3.05) is 31.2 Å². The van der Waals surface area contributed by atoms with E-state index in [1.807, 2.05) is 167 Å². The van der Waals surface area contributed by atoms with Crippen LogP contribution < -0.4 is 31.6 Å². The van der Waals surface area contributed by atoms with Gasteiger partial charge in [0.15, 0.2) is 11.3 Å². The van der Waals surface area contributed by atoms with Gasteiger partial charge in [-0.2, -0.15) is 0 Å². The molecule has 0 aliphatic rings. The van der Waals surface area contributed by atoms with Gasteiger partial charge in [0.25, 0.3) is 18.1 Å². The van der Waals surface area contributed by atoms with Gasteiger partial charge in [0.05, 0.1) is 41.6 Å². The Balaban J connectivity index is 0.000000207. The Morgan fingerprint density at radius 2 is 1.02 bits per heavy atom. The summed E-state index contributed by atoms with van der Waals surface area (Å²) in [5.74, 6) is 2.81. The van der Waals surface area contributed by atoms with Crippen molar-refractivity contribution in [1.82, 2.24) is 39.7 Å². The summed E-state index contributed by atoms with van der Waals surface area (Å²) in [5.41, 5.74) is 18.7. The Labute approximate surface area is 486 Å². The predicted octanol–water partition coefficient (Wildman–Crippen LogP) is 11.3. The van der Waals surface area contributed by atoms with Crippen LogP contribution in [-0.2, 0) is 9.59 Å². The van der Waals surface area contributed by atoms with Crippen molar-refractivity contribution in [3.05, 3.63) is 222 Å². The van der Waals surface area contributed by atoms with Gasteiger partial charge in [0.1, 0.15) is 53.6 Å². The summed E-state index contributed by atoms with van der Waals surface area (Å²) in [6, 6.07) is 49.4. The summed E-state index contributed by atoms with van der Waals surface area (Å²) in [4.78, 5) is 58.4. The van der Waals surface area contributed by atoms with E-state index >= 15 is 0 Å². The molecule has 0 aliphatic carbocycles. The van der Waals surface area contributed by atoms with Crippen LogP contribution in [0.15, 0.2) is 188 Å². The summed E-state index contributed by atoms with van der Waals surface area (Å²) in [5, 5.41) is 24.8. The molecule has 19 heteroatoms. The first-order valence-electron chi connectivity index (χ1n) is 25.9. The summed E-state index contributed by atoms with van der Waals surface area (Å²) < 4.78 is 15.7. The van der Waals surface area contributed by atoms with Gasteiger partial charge in [-0.05, 0) is 123 Å². The Morgan fingerprint density at radius 1 is 0.595 bits per heavy atom. The van der Waals surface area contributed by atoms with Crippen LogP contribution in [0.3, 0.4) is 0 Å². The quantitative estimate of drug-likeness (QED) is 0.0299. The van der Waals surface area contributed by atoms with E-state index in [1.165, 1.54) is 18.7 Å². The molecule has 10 aromatic rings. The Hall–Kier alpha value is -11.0. The van der Waals surface area contributed by atoms with Crippen LogP contribution in [0.1, 0.15) is 51.0 Å². The first kappa shape index (κ1) is 60.6. The van der Waals surface area contributed by atoms with Gasteiger partial charge < -0.3 is 55.8 Å². The Bertz CT molecular complexity index is 4030. The number of fused-ring (bicyclic) bond motifs is 2. The lowest BCUT2D eigenvalue weighted by Crippen LogP contribution is -2.47. The summed E-state index contributed by atoms with van der Waals surface area (Å²) >= 11 is 0. The second-order valence-electron chi connectivity index (χ2n) is 20.0. The van der Waals surface area contributed by atoms with E-state index in [0.29, 0.717) is 45.2 Å². The van der Waals surface area contributed by atoms with Gasteiger partial charge in [-0.25, -0.2) is 31.4 Å². The lowest BCUT2D eigenvalue weighted by atomic mass is 10.1. The molecular weight excluding hydrogens is 1060 g/mol. The van der Waals surface area contributed by atoms with E-state index in [1.54, 1.807) is 39.8 Å². The topological polar surface area (TPSA) is 256 Å². The average Bonchev–Trinajstić information content (AvgIpc) is 2.20. The number of nitrogens with one attached hydrogen (secondary N) is 2. The van der Waals surface area contributed by atoms with Gasteiger partial charge in [0, 0.05) is 40.5 Å². The van der Waals surface area contributed by atoms with E-state index in [-0.39, 0.29) is 38.8 Å². The molecular formula is C65H62N12O7. The van der Waals surface area contributed by atoms with Crippen LogP contribution >= 0.6 is 0 Å². The maximum Gasteiger partial charge on any atom is 0.300 e. The number of rotatable bonds is 16. The van der Waals surface area contributed by atoms with Crippen molar-refractivity contribution in [1.29, 1.82) is 0 Å². The van der Waals surface area contributed by atoms with Crippen LogP contribution in [0.2, 0.25) is 0 Å². The fraction of sp³-hybridized carbons (Fsp3) is 0.154. The third-order valence-corrected chi connectivity index (χ3v) is 12.5. The lowest BCUT2D eigenvalue weighted by molar-refractivity contribution is -0.121. The third kappa shape index (κ3) is 15.1. The number of ether oxygens (including phenoxy) is 2. The number of aliphatic hydroxyl groups excluding tert-OH is 2. The molecule has 6 aromatic carbocycles. The molecule has 0 radical (unpaired) electrons. The van der Waals surface area contributed by atoms with Crippen molar-refractivity contribution in [2.45, 2.75) is 46.2 Å². The molecule has 0 spiro atoms. The van der Waals surface area contributed by atoms with Crippen molar-refractivity contribution in [3.8, 4) is 56.6 Å². The van der Waals surface area contributed by atoms with Crippen LogP contribution in [0.5, 0.6) is 23.0 Å². The number of hydrogen-bond donors (Lipinski definition) is 6. The van der Waals surface area contributed by atoms with E-state index in [2.05, 4.69) is 40.3 Å². The van der Waals surface area contributed by atoms with Crippen LogP contribution in [0, 0.1) is 13.1 Å². The molecule has 0 saturated heterocycles. The number of aromatic nitrogens is 6. The number of nitrogens with two attached hydrogens (primary N) is 2. The second-order valence-corrected chi connectivity index (χ2v) is 20.0. The number of anilines is 2. The lowest BCUT2D eigenvalue weighted by Gasteiger charge is -2.23. The summed E-state index contributed by atoms with van der Waals surface area (Å²) in [6.45, 7) is 20.1. The molecule has 0 unspecified atom stereocenters. The predicted molar refractivity (Wildman–Crippen MR) is 327 cm³/mol. The number of carbonyl (C=O) groups is 3. The fourth-order valence-electron chi connectivity index (χ4n) is 8.41. The highest BCUT2D eigenvalue weighted by Gasteiger charge is 2.23. The molecule has 0 bridgehead atoms. The molecule has 0 fully saturated rings. The molecule has 4 heterocycles. The molecule has 4 aromatic heterocycles. The number of amides is 2. The molecule has 0 atom stereocenters. The zero-order valence-corrected chi connectivity index (χ0v) is 45.8. The number of aldehydes is 1.